The predicted molar refractivity (Wildman–Crippen MR) is 237 cm³/mol. The minimum absolute atomic E-state index is 0.0459. The van der Waals surface area contributed by atoms with E-state index in [2.05, 4.69) is 35.0 Å². The van der Waals surface area contributed by atoms with Gasteiger partial charge in [-0.2, -0.15) is 0 Å². The second kappa shape index (κ2) is 35.5. The molecule has 0 radical (unpaired) electrons. The second-order valence-corrected chi connectivity index (χ2v) is 19.0. The molecule has 1 rings (SSSR count). The summed E-state index contributed by atoms with van der Waals surface area (Å²) < 4.78 is 47.8. The average molecular weight is 927 g/mol. The predicted octanol–water partition coefficient (Wildman–Crippen LogP) is 8.05. The molecular weight excluding hydrogens is 846 g/mol. The first kappa shape index (κ1) is 58.2. The molecule has 16 nitrogen and oxygen atoms in total. The number of unbranched alkanes of at least 4 members (excludes halogenated alkanes) is 14. The Labute approximate surface area is 370 Å². The first-order valence-corrected chi connectivity index (χ1v) is 26.0. The fraction of sp³-hybridized carbons (Fsp3) is 0.818. The number of hydrogen-bond donors (Lipinski definition) is 7. The zero-order valence-corrected chi connectivity index (χ0v) is 39.1. The summed E-state index contributed by atoms with van der Waals surface area (Å²) in [6, 6.07) is 0. The topological polar surface area (TPSA) is 256 Å². The molecule has 0 spiro atoms. The molecular formula is C44H80O16P2. The minimum atomic E-state index is -4.90. The Balaban J connectivity index is 2.57. The average Bonchev–Trinajstić information content (AvgIpc) is 3.49. The van der Waals surface area contributed by atoms with Crippen LogP contribution in [0.15, 0.2) is 36.5 Å². The van der Waals surface area contributed by atoms with Crippen LogP contribution in [0.3, 0.4) is 0 Å². The van der Waals surface area contributed by atoms with Gasteiger partial charge >= 0.3 is 27.6 Å². The third kappa shape index (κ3) is 32.0. The molecule has 0 amide bonds. The smallest absolute Gasteiger partial charge is 0.462 e. The molecule has 1 unspecified atom stereocenters. The fourth-order valence-electron chi connectivity index (χ4n) is 6.98. The number of aliphatic hydroxyl groups is 4. The molecule has 362 valence electrons. The maximum atomic E-state index is 12.8. The highest BCUT2D eigenvalue weighted by molar-refractivity contribution is 7.47. The van der Waals surface area contributed by atoms with Crippen molar-refractivity contribution in [1.29, 1.82) is 0 Å². The van der Waals surface area contributed by atoms with Crippen molar-refractivity contribution in [3.05, 3.63) is 36.5 Å². The molecule has 0 bridgehead atoms. The lowest BCUT2D eigenvalue weighted by Crippen LogP contribution is -2.29. The molecule has 0 heterocycles. The van der Waals surface area contributed by atoms with E-state index in [0.29, 0.717) is 32.1 Å². The van der Waals surface area contributed by atoms with Crippen molar-refractivity contribution < 1.29 is 76.9 Å². The summed E-state index contributed by atoms with van der Waals surface area (Å²) in [5, 5.41) is 41.1. The van der Waals surface area contributed by atoms with Crippen LogP contribution < -0.4 is 0 Å². The summed E-state index contributed by atoms with van der Waals surface area (Å²) in [5.74, 6) is -1.74. The number of hydrogen-bond acceptors (Lipinski definition) is 13. The second-order valence-electron chi connectivity index (χ2n) is 16.3. The van der Waals surface area contributed by atoms with E-state index in [1.807, 2.05) is 12.2 Å². The maximum Gasteiger partial charge on any atom is 0.472 e. The van der Waals surface area contributed by atoms with E-state index in [9.17, 15) is 44.0 Å². The van der Waals surface area contributed by atoms with Gasteiger partial charge in [0.25, 0.3) is 0 Å². The SMILES string of the molecule is CCCCCC/C=C\CCCCCCCCCC(=O)OC[C@H](COP(=O)(O)OC[C@@H](O)COP(=O)(O)O)OC(=O)CCC/C=C/C[C@@H]1[C@@H](/C=C/[C@@H](O)CCCCC)[C@H](O)C[C@@H]1O. The number of carbonyl (C=O) groups is 2. The molecule has 1 aliphatic carbocycles. The van der Waals surface area contributed by atoms with E-state index in [-0.39, 0.29) is 31.1 Å². The number of ether oxygens (including phenoxy) is 2. The van der Waals surface area contributed by atoms with E-state index in [1.54, 1.807) is 12.2 Å². The minimum Gasteiger partial charge on any atom is -0.462 e. The highest BCUT2D eigenvalue weighted by atomic mass is 31.2. The van der Waals surface area contributed by atoms with Crippen LogP contribution in [0.5, 0.6) is 0 Å². The van der Waals surface area contributed by atoms with Crippen molar-refractivity contribution in [2.45, 2.75) is 192 Å². The molecule has 8 atom stereocenters. The standard InChI is InChI=1S/C44H80O16P2/c1-3-5-7-8-9-10-11-12-13-14-15-16-17-18-23-27-43(49)56-34-38(35-59-62(54,55)58-33-37(46)32-57-61(51,52)53)60-44(50)28-24-20-19-22-26-39-40(42(48)31-41(39)47)30-29-36(45)25-21-6-4-2/h10-11,19,22,29-30,36-42,45-48H,3-9,12-18,20-21,23-28,31-35H2,1-2H3,(H,54,55)(H2,51,52,53)/b11-10-,22-19+,30-29+/t36-,37-,38+,39+,40+,41-,42+/m0/s1. The lowest BCUT2D eigenvalue weighted by atomic mass is 9.89. The summed E-state index contributed by atoms with van der Waals surface area (Å²) in [6.45, 7) is 1.37. The van der Waals surface area contributed by atoms with E-state index in [4.69, 9.17) is 23.8 Å². The zero-order valence-electron chi connectivity index (χ0n) is 37.3. The van der Waals surface area contributed by atoms with Crippen LogP contribution in [0.4, 0.5) is 0 Å². The quantitative estimate of drug-likeness (QED) is 0.0133. The van der Waals surface area contributed by atoms with Crippen LogP contribution in [-0.2, 0) is 41.8 Å². The highest BCUT2D eigenvalue weighted by Crippen LogP contribution is 2.44. The van der Waals surface area contributed by atoms with Gasteiger partial charge in [-0.25, -0.2) is 9.13 Å². The molecule has 0 aliphatic heterocycles. The number of allylic oxidation sites excluding steroid dienone is 4. The lowest BCUT2D eigenvalue weighted by Gasteiger charge is -2.20. The van der Waals surface area contributed by atoms with Crippen LogP contribution in [-0.4, -0.2) is 104 Å². The Morgan fingerprint density at radius 2 is 1.19 bits per heavy atom. The van der Waals surface area contributed by atoms with Gasteiger partial charge in [-0.05, 0) is 63.7 Å². The molecule has 0 saturated heterocycles. The van der Waals surface area contributed by atoms with Crippen LogP contribution >= 0.6 is 15.6 Å². The van der Waals surface area contributed by atoms with Crippen LogP contribution in [0.2, 0.25) is 0 Å². The summed E-state index contributed by atoms with van der Waals surface area (Å²) in [7, 11) is -9.77. The largest absolute Gasteiger partial charge is 0.472 e. The van der Waals surface area contributed by atoms with Crippen molar-refractivity contribution >= 4 is 27.6 Å². The highest BCUT2D eigenvalue weighted by Gasteiger charge is 2.39. The number of phosphoric ester groups is 2. The van der Waals surface area contributed by atoms with Gasteiger partial charge in [0, 0.05) is 25.2 Å². The zero-order chi connectivity index (χ0) is 46.1. The van der Waals surface area contributed by atoms with Gasteiger partial charge in [0.05, 0.1) is 38.1 Å². The first-order valence-electron chi connectivity index (χ1n) is 22.9. The third-order valence-corrected chi connectivity index (χ3v) is 12.0. The van der Waals surface area contributed by atoms with E-state index in [0.717, 1.165) is 57.8 Å². The molecule has 0 aromatic carbocycles. The van der Waals surface area contributed by atoms with Crippen molar-refractivity contribution in [1.82, 2.24) is 0 Å². The lowest BCUT2D eigenvalue weighted by molar-refractivity contribution is -0.161. The fourth-order valence-corrected chi connectivity index (χ4v) is 8.14. The Kier molecular flexibility index (Phi) is 33.3. The van der Waals surface area contributed by atoms with Crippen molar-refractivity contribution in [2.75, 3.05) is 26.4 Å². The number of carbonyl (C=O) groups excluding carboxylic acids is 2. The number of phosphoric acid groups is 2. The Hall–Kier alpha value is -1.78. The molecule has 1 saturated carbocycles. The van der Waals surface area contributed by atoms with Crippen molar-refractivity contribution in [3.8, 4) is 0 Å². The molecule has 18 heteroatoms. The van der Waals surface area contributed by atoms with Gasteiger partial charge in [0.1, 0.15) is 12.7 Å². The van der Waals surface area contributed by atoms with Gasteiger partial charge in [0.2, 0.25) is 0 Å². The van der Waals surface area contributed by atoms with Gasteiger partial charge < -0.3 is 44.6 Å². The molecule has 0 aromatic heterocycles. The monoisotopic (exact) mass is 926 g/mol. The third-order valence-electron chi connectivity index (χ3n) is 10.6. The normalized spacial score (nSPS) is 20.9. The number of aliphatic hydroxyl groups excluding tert-OH is 4. The van der Waals surface area contributed by atoms with Gasteiger partial charge in [-0.15, -0.1) is 0 Å². The summed E-state index contributed by atoms with van der Waals surface area (Å²) in [5.41, 5.74) is 0. The number of rotatable bonds is 39. The molecule has 0 aromatic rings. The van der Waals surface area contributed by atoms with E-state index < -0.39 is 84.5 Å². The van der Waals surface area contributed by atoms with Crippen molar-refractivity contribution in [2.24, 2.45) is 11.8 Å². The Morgan fingerprint density at radius 3 is 1.85 bits per heavy atom. The molecule has 1 aliphatic rings. The summed E-state index contributed by atoms with van der Waals surface area (Å²) >= 11 is 0. The van der Waals surface area contributed by atoms with Crippen LogP contribution in [0.25, 0.3) is 0 Å². The molecule has 62 heavy (non-hydrogen) atoms. The van der Waals surface area contributed by atoms with Gasteiger partial charge in [-0.3, -0.25) is 23.2 Å². The van der Waals surface area contributed by atoms with Crippen LogP contribution in [0, 0.1) is 11.8 Å². The van der Waals surface area contributed by atoms with Crippen molar-refractivity contribution in [3.63, 3.8) is 0 Å². The Bertz CT molecular complexity index is 1350. The number of esters is 2. The van der Waals surface area contributed by atoms with Gasteiger partial charge in [0.15, 0.2) is 6.10 Å². The van der Waals surface area contributed by atoms with Crippen LogP contribution in [0.1, 0.15) is 162 Å². The van der Waals surface area contributed by atoms with E-state index >= 15 is 0 Å². The molecule has 7 N–H and O–H groups in total. The van der Waals surface area contributed by atoms with Gasteiger partial charge in [-0.1, -0.05) is 121 Å². The maximum absolute atomic E-state index is 12.8. The Morgan fingerprint density at radius 1 is 0.645 bits per heavy atom. The summed E-state index contributed by atoms with van der Waals surface area (Å²) in [4.78, 5) is 52.9. The summed E-state index contributed by atoms with van der Waals surface area (Å²) in [6.07, 6.45) is 26.6. The first-order chi connectivity index (χ1) is 29.6. The molecule has 1 fully saturated rings. The van der Waals surface area contributed by atoms with E-state index in [1.165, 1.54) is 38.5 Å².